The monoisotopic (exact) mass is 402 g/mol. The quantitative estimate of drug-likeness (QED) is 0.734. The van der Waals surface area contributed by atoms with Crippen LogP contribution >= 0.6 is 0 Å². The zero-order valence-corrected chi connectivity index (χ0v) is 15.6. The molecule has 2 heterocycles. The smallest absolute Gasteiger partial charge is 0.305 e. The van der Waals surface area contributed by atoms with Crippen molar-refractivity contribution in [3.8, 4) is 6.07 Å². The number of hydrazine groups is 1. The SMILES string of the molecule is N#Cc1ccc(S(=O)(=O)N2CCC(C(=O)NNC(=O)c3ccco3)CC2)cc1. The van der Waals surface area contributed by atoms with E-state index >= 15 is 0 Å². The minimum atomic E-state index is -3.68. The Morgan fingerprint density at radius 3 is 2.36 bits per heavy atom. The van der Waals surface area contributed by atoms with Crippen LogP contribution in [0.5, 0.6) is 0 Å². The first kappa shape index (κ1) is 19.6. The van der Waals surface area contributed by atoms with E-state index in [1.54, 1.807) is 6.07 Å². The Labute approximate surface area is 162 Å². The van der Waals surface area contributed by atoms with E-state index < -0.39 is 21.8 Å². The largest absolute Gasteiger partial charge is 0.459 e. The lowest BCUT2D eigenvalue weighted by Crippen LogP contribution is -2.48. The van der Waals surface area contributed by atoms with Crippen LogP contribution in [0, 0.1) is 17.2 Å². The van der Waals surface area contributed by atoms with Crippen LogP contribution in [0.25, 0.3) is 0 Å². The molecule has 1 fully saturated rings. The minimum Gasteiger partial charge on any atom is -0.459 e. The van der Waals surface area contributed by atoms with E-state index in [2.05, 4.69) is 10.9 Å². The summed E-state index contributed by atoms with van der Waals surface area (Å²) in [6.45, 7) is 0.374. The van der Waals surface area contributed by atoms with Crippen molar-refractivity contribution in [2.24, 2.45) is 5.92 Å². The third-order valence-electron chi connectivity index (χ3n) is 4.49. The number of benzene rings is 1. The first-order valence-electron chi connectivity index (χ1n) is 8.56. The summed E-state index contributed by atoms with van der Waals surface area (Å²) in [7, 11) is -3.68. The normalized spacial score (nSPS) is 15.5. The number of furan rings is 1. The number of hydrogen-bond donors (Lipinski definition) is 2. The first-order valence-corrected chi connectivity index (χ1v) is 10.00. The van der Waals surface area contributed by atoms with Gasteiger partial charge in [0, 0.05) is 19.0 Å². The summed E-state index contributed by atoms with van der Waals surface area (Å²) in [5, 5.41) is 8.81. The Kier molecular flexibility index (Phi) is 5.77. The highest BCUT2D eigenvalue weighted by atomic mass is 32.2. The lowest BCUT2D eigenvalue weighted by atomic mass is 9.98. The number of nitrogens with zero attached hydrogens (tertiary/aromatic N) is 2. The summed E-state index contributed by atoms with van der Waals surface area (Å²) >= 11 is 0. The van der Waals surface area contributed by atoms with Crippen molar-refractivity contribution in [1.82, 2.24) is 15.2 Å². The van der Waals surface area contributed by atoms with Crippen molar-refractivity contribution in [2.75, 3.05) is 13.1 Å². The van der Waals surface area contributed by atoms with Gasteiger partial charge in [0.1, 0.15) is 0 Å². The summed E-state index contributed by atoms with van der Waals surface area (Å²) < 4.78 is 31.6. The van der Waals surface area contributed by atoms with Crippen molar-refractivity contribution < 1.29 is 22.4 Å². The number of nitriles is 1. The minimum absolute atomic E-state index is 0.0728. The fourth-order valence-electron chi connectivity index (χ4n) is 2.90. The predicted molar refractivity (Wildman–Crippen MR) is 97.0 cm³/mol. The van der Waals surface area contributed by atoms with E-state index in [0.717, 1.165) is 0 Å². The number of piperidine rings is 1. The molecular formula is C18H18N4O5S. The lowest BCUT2D eigenvalue weighted by molar-refractivity contribution is -0.126. The highest BCUT2D eigenvalue weighted by molar-refractivity contribution is 7.89. The van der Waals surface area contributed by atoms with Gasteiger partial charge < -0.3 is 4.42 Å². The highest BCUT2D eigenvalue weighted by Crippen LogP contribution is 2.24. The van der Waals surface area contributed by atoms with Crippen LogP contribution in [0.4, 0.5) is 0 Å². The molecule has 9 nitrogen and oxygen atoms in total. The topological polar surface area (TPSA) is 133 Å². The summed E-state index contributed by atoms with van der Waals surface area (Å²) in [6, 6.07) is 10.7. The molecule has 0 atom stereocenters. The van der Waals surface area contributed by atoms with E-state index in [4.69, 9.17) is 9.68 Å². The average molecular weight is 402 g/mol. The van der Waals surface area contributed by atoms with E-state index in [1.165, 1.54) is 40.9 Å². The van der Waals surface area contributed by atoms with Crippen LogP contribution in [-0.4, -0.2) is 37.6 Å². The Balaban J connectivity index is 1.53. The second-order valence-corrected chi connectivity index (χ2v) is 8.17. The Bertz CT molecular complexity index is 986. The zero-order chi connectivity index (χ0) is 20.1. The Morgan fingerprint density at radius 1 is 1.11 bits per heavy atom. The number of hydrogen-bond acceptors (Lipinski definition) is 6. The molecule has 0 aliphatic carbocycles. The van der Waals surface area contributed by atoms with Gasteiger partial charge in [-0.2, -0.15) is 9.57 Å². The molecular weight excluding hydrogens is 384 g/mol. The van der Waals surface area contributed by atoms with Gasteiger partial charge in [-0.3, -0.25) is 20.4 Å². The molecule has 1 aliphatic heterocycles. The van der Waals surface area contributed by atoms with Crippen molar-refractivity contribution >= 4 is 21.8 Å². The van der Waals surface area contributed by atoms with Crippen LogP contribution in [0.15, 0.2) is 52.0 Å². The molecule has 2 aromatic rings. The van der Waals surface area contributed by atoms with Crippen molar-refractivity contribution in [1.29, 1.82) is 5.26 Å². The maximum absolute atomic E-state index is 12.7. The molecule has 1 saturated heterocycles. The van der Waals surface area contributed by atoms with Gasteiger partial charge in [0.05, 0.1) is 22.8 Å². The maximum atomic E-state index is 12.7. The van der Waals surface area contributed by atoms with E-state index in [9.17, 15) is 18.0 Å². The number of amides is 2. The van der Waals surface area contributed by atoms with Crippen molar-refractivity contribution in [3.63, 3.8) is 0 Å². The van der Waals surface area contributed by atoms with Crippen LogP contribution in [0.1, 0.15) is 29.0 Å². The van der Waals surface area contributed by atoms with Gasteiger partial charge >= 0.3 is 5.91 Å². The van der Waals surface area contributed by atoms with E-state index in [1.807, 2.05) is 6.07 Å². The Morgan fingerprint density at radius 2 is 1.79 bits per heavy atom. The van der Waals surface area contributed by atoms with Crippen LogP contribution in [-0.2, 0) is 14.8 Å². The molecule has 1 aliphatic rings. The van der Waals surface area contributed by atoms with E-state index in [0.29, 0.717) is 18.4 Å². The number of sulfonamides is 1. The fraction of sp³-hybridized carbons (Fsp3) is 0.278. The fourth-order valence-corrected chi connectivity index (χ4v) is 4.37. The summed E-state index contributed by atoms with van der Waals surface area (Å²) in [5.74, 6) is -1.29. The number of nitrogens with one attached hydrogen (secondary N) is 2. The number of carbonyl (C=O) groups is 2. The molecule has 0 spiro atoms. The third-order valence-corrected chi connectivity index (χ3v) is 6.40. The van der Waals surface area contributed by atoms with Gasteiger partial charge in [-0.1, -0.05) is 0 Å². The van der Waals surface area contributed by atoms with Gasteiger partial charge in [0.15, 0.2) is 5.76 Å². The molecule has 0 radical (unpaired) electrons. The van der Waals surface area contributed by atoms with Gasteiger partial charge in [0.2, 0.25) is 15.9 Å². The van der Waals surface area contributed by atoms with Crippen LogP contribution in [0.2, 0.25) is 0 Å². The Hall–Kier alpha value is -3.16. The van der Waals surface area contributed by atoms with Gasteiger partial charge in [-0.25, -0.2) is 8.42 Å². The predicted octanol–water partition coefficient (Wildman–Crippen LogP) is 1.01. The molecule has 10 heteroatoms. The zero-order valence-electron chi connectivity index (χ0n) is 14.8. The molecule has 2 amide bonds. The second kappa shape index (κ2) is 8.24. The van der Waals surface area contributed by atoms with Crippen molar-refractivity contribution in [3.05, 3.63) is 54.0 Å². The van der Waals surface area contributed by atoms with Crippen LogP contribution < -0.4 is 10.9 Å². The third kappa shape index (κ3) is 4.21. The summed E-state index contributed by atoms with van der Waals surface area (Å²) in [4.78, 5) is 24.1. The highest BCUT2D eigenvalue weighted by Gasteiger charge is 2.32. The second-order valence-electron chi connectivity index (χ2n) is 6.24. The molecule has 2 N–H and O–H groups in total. The molecule has 28 heavy (non-hydrogen) atoms. The van der Waals surface area contributed by atoms with E-state index in [-0.39, 0.29) is 29.7 Å². The molecule has 1 aromatic heterocycles. The molecule has 0 bridgehead atoms. The standard InChI is InChI=1S/C18H18N4O5S/c19-12-13-3-5-15(6-4-13)28(25,26)22-9-7-14(8-10-22)17(23)20-21-18(24)16-2-1-11-27-16/h1-6,11,14H,7-10H2,(H,20,23)(H,21,24). The molecule has 0 saturated carbocycles. The van der Waals surface area contributed by atoms with Gasteiger partial charge in [-0.15, -0.1) is 0 Å². The number of carbonyl (C=O) groups excluding carboxylic acids is 2. The molecule has 1 aromatic carbocycles. The number of rotatable bonds is 4. The van der Waals surface area contributed by atoms with Crippen molar-refractivity contribution in [2.45, 2.75) is 17.7 Å². The molecule has 0 unspecified atom stereocenters. The average Bonchev–Trinajstić information content (AvgIpc) is 3.27. The summed E-state index contributed by atoms with van der Waals surface area (Å²) in [6.07, 6.45) is 2.01. The maximum Gasteiger partial charge on any atom is 0.305 e. The van der Waals surface area contributed by atoms with Gasteiger partial charge in [-0.05, 0) is 49.2 Å². The van der Waals surface area contributed by atoms with Crippen LogP contribution in [0.3, 0.4) is 0 Å². The summed E-state index contributed by atoms with van der Waals surface area (Å²) in [5.41, 5.74) is 4.99. The first-order chi connectivity index (χ1) is 13.4. The molecule has 3 rings (SSSR count). The lowest BCUT2D eigenvalue weighted by Gasteiger charge is -2.30. The van der Waals surface area contributed by atoms with Gasteiger partial charge in [0.25, 0.3) is 0 Å². The molecule has 146 valence electrons.